The molecule has 3 rings (SSSR count). The number of hydrogen-bond donors (Lipinski definition) is 1. The Morgan fingerprint density at radius 2 is 0.872 bits per heavy atom. The van der Waals surface area contributed by atoms with Gasteiger partial charge in [-0.2, -0.15) is 10.5 Å². The number of nitriles is 2. The van der Waals surface area contributed by atoms with Crippen molar-refractivity contribution < 1.29 is 80.0 Å². The predicted octanol–water partition coefficient (Wildman–Crippen LogP) is 5.71. The van der Waals surface area contributed by atoms with Crippen molar-refractivity contribution in [3.63, 3.8) is 0 Å². The van der Waals surface area contributed by atoms with Crippen LogP contribution in [0.3, 0.4) is 0 Å². The Morgan fingerprint density at radius 1 is 0.596 bits per heavy atom. The van der Waals surface area contributed by atoms with Crippen LogP contribution >= 0.6 is 0 Å². The average Bonchev–Trinajstić information content (AvgIpc) is 3.08. The van der Waals surface area contributed by atoms with Crippen molar-refractivity contribution in [3.05, 3.63) is 108 Å². The zero-order chi connectivity index (χ0) is 34.0. The Hall–Kier alpha value is -1.97. The predicted molar refractivity (Wildman–Crippen MR) is 195 cm³/mol. The van der Waals surface area contributed by atoms with Crippen LogP contribution in [0.5, 0.6) is 0 Å². The minimum Gasteiger partial charge on any atom is -0.870 e. The van der Waals surface area contributed by atoms with Crippen LogP contribution in [0.4, 0.5) is 0 Å². The van der Waals surface area contributed by atoms with Gasteiger partial charge in [-0.05, 0) is 44.4 Å². The van der Waals surface area contributed by atoms with Crippen molar-refractivity contribution in [2.24, 2.45) is 0 Å². The van der Waals surface area contributed by atoms with Gasteiger partial charge in [-0.3, -0.25) is 4.79 Å². The number of aliphatic carboxylic acids is 1. The van der Waals surface area contributed by atoms with E-state index in [1.165, 1.54) is 0 Å². The average molecular weight is 673 g/mol. The number of rotatable bonds is 4. The molecule has 258 valence electrons. The van der Waals surface area contributed by atoms with E-state index in [0.717, 1.165) is 16.7 Å². The van der Waals surface area contributed by atoms with E-state index >= 15 is 0 Å². The van der Waals surface area contributed by atoms with E-state index in [9.17, 15) is 4.79 Å². The largest absolute Gasteiger partial charge is 1.00 e. The van der Waals surface area contributed by atoms with Gasteiger partial charge in [0.1, 0.15) is 0 Å². The molecule has 0 heterocycles. The molecule has 6 nitrogen and oxygen atoms in total. The summed E-state index contributed by atoms with van der Waals surface area (Å²) in [5, 5.41) is 26.0. The molecule has 8 heteroatoms. The smallest absolute Gasteiger partial charge is 0.870 e. The first-order valence-electron chi connectivity index (χ1n) is 15.3. The van der Waals surface area contributed by atoms with Gasteiger partial charge < -0.3 is 16.1 Å². The molecule has 3 aromatic rings. The van der Waals surface area contributed by atoms with E-state index in [1.54, 1.807) is 13.8 Å². The summed E-state index contributed by atoms with van der Waals surface area (Å²) in [6.07, 6.45) is 0.515. The number of carboxylic acid groups (broad SMARTS) is 1. The number of carbonyl (C=O) groups is 1. The number of nitrogens with zero attached hydrogens (tertiary/aromatic N) is 2. The van der Waals surface area contributed by atoms with Crippen molar-refractivity contribution in [2.45, 2.75) is 122 Å². The molecule has 0 amide bonds. The minimum absolute atomic E-state index is 0. The molecule has 3 aromatic carbocycles. The second kappa shape index (κ2) is 50.9. The van der Waals surface area contributed by atoms with Crippen molar-refractivity contribution in [3.8, 4) is 12.1 Å². The van der Waals surface area contributed by atoms with Gasteiger partial charge in [0, 0.05) is 0 Å². The Labute approximate surface area is 335 Å². The molecule has 0 aromatic heterocycles. The first-order valence-corrected chi connectivity index (χ1v) is 15.3. The third-order valence-electron chi connectivity index (χ3n) is 4.93. The fourth-order valence-electron chi connectivity index (χ4n) is 2.58. The van der Waals surface area contributed by atoms with E-state index in [-0.39, 0.29) is 82.9 Å². The molecule has 0 atom stereocenters. The van der Waals surface area contributed by atoms with Gasteiger partial charge in [0.05, 0.1) is 29.4 Å². The Balaban J connectivity index is -0.0000000461. The van der Waals surface area contributed by atoms with Crippen LogP contribution in [-0.2, 0) is 22.0 Å². The summed E-state index contributed by atoms with van der Waals surface area (Å²) >= 11 is 0. The van der Waals surface area contributed by atoms with E-state index in [1.807, 2.05) is 174 Å². The quantitative estimate of drug-likeness (QED) is 0.352. The van der Waals surface area contributed by atoms with Gasteiger partial charge in [0.2, 0.25) is 0 Å². The van der Waals surface area contributed by atoms with Crippen LogP contribution in [0.25, 0.3) is 0 Å². The molecular formula is C39H66N2Na2O4. The van der Waals surface area contributed by atoms with Crippen molar-refractivity contribution in [1.82, 2.24) is 0 Å². The minimum atomic E-state index is -0.797. The van der Waals surface area contributed by atoms with Crippen LogP contribution in [0, 0.1) is 22.7 Å². The molecule has 0 aliphatic carbocycles. The van der Waals surface area contributed by atoms with Gasteiger partial charge in [0.15, 0.2) is 0 Å². The molecule has 0 aliphatic rings. The number of carboxylic acids is 1. The van der Waals surface area contributed by atoms with Gasteiger partial charge >= 0.3 is 65.1 Å². The molecule has 0 saturated carbocycles. The summed E-state index contributed by atoms with van der Waals surface area (Å²) in [5.74, 6) is -0.797. The summed E-state index contributed by atoms with van der Waals surface area (Å²) in [4.78, 5) is 10.8. The van der Waals surface area contributed by atoms with E-state index in [0.29, 0.717) is 6.42 Å². The first-order chi connectivity index (χ1) is 20.1. The number of hydrogen-bond acceptors (Lipinski definition) is 5. The van der Waals surface area contributed by atoms with Crippen LogP contribution in [0.2, 0.25) is 0 Å². The summed E-state index contributed by atoms with van der Waals surface area (Å²) in [6.45, 7) is 27.2. The van der Waals surface area contributed by atoms with Gasteiger partial charge in [0.25, 0.3) is 0 Å². The SMILES string of the molecule is C.CC.CC.CC.CC.CC.CC(C)(C#N)c1ccccc1.CC(C)(C(=O)O)c1ccccc1.N#CCc1ccccc1.[Na+].[Na+].[OH-].[OH-]. The van der Waals surface area contributed by atoms with Gasteiger partial charge in [-0.1, -0.05) is 168 Å². The molecule has 0 saturated heterocycles. The fourth-order valence-corrected chi connectivity index (χ4v) is 2.58. The summed E-state index contributed by atoms with van der Waals surface area (Å²) < 4.78 is 0. The number of benzene rings is 3. The Morgan fingerprint density at radius 3 is 1.13 bits per heavy atom. The molecule has 0 bridgehead atoms. The molecule has 0 spiro atoms. The maximum absolute atomic E-state index is 10.8. The zero-order valence-electron chi connectivity index (χ0n) is 32.0. The standard InChI is InChI=1S/C10H11N.C10H12O2.C8H7N.5C2H6.CH4.2Na.2H2O/c1-10(2,8-11)9-6-4-3-5-7-9;1-10(2,9(11)12)8-6-4-3-5-7-8;9-7-6-8-4-2-1-3-5-8;5*1-2;;;;;/h3-7H,1-2H3;3-7H,1-2H3,(H,11,12);1-5H,6H2;5*1-2H3;1H4;;;2*1H2/q;;;;;;;;;2*+1;;/p-2. The summed E-state index contributed by atoms with van der Waals surface area (Å²) in [6, 6.07) is 33.1. The van der Waals surface area contributed by atoms with Crippen LogP contribution < -0.4 is 59.1 Å². The molecule has 0 radical (unpaired) electrons. The molecule has 47 heavy (non-hydrogen) atoms. The topological polar surface area (TPSA) is 145 Å². The second-order valence-corrected chi connectivity index (χ2v) is 8.22. The molecular weight excluding hydrogens is 606 g/mol. The molecule has 0 unspecified atom stereocenters. The Kier molecular flexibility index (Phi) is 77.0. The van der Waals surface area contributed by atoms with Crippen LogP contribution in [0.15, 0.2) is 91.0 Å². The molecule has 0 fully saturated rings. The van der Waals surface area contributed by atoms with Crippen molar-refractivity contribution in [1.29, 1.82) is 10.5 Å². The van der Waals surface area contributed by atoms with Crippen molar-refractivity contribution in [2.75, 3.05) is 0 Å². The first kappa shape index (κ1) is 71.1. The maximum Gasteiger partial charge on any atom is 1.00 e. The third kappa shape index (κ3) is 36.7. The van der Waals surface area contributed by atoms with Crippen molar-refractivity contribution >= 4 is 5.97 Å². The third-order valence-corrected chi connectivity index (χ3v) is 4.93. The van der Waals surface area contributed by atoms with Gasteiger partial charge in [-0.15, -0.1) is 0 Å². The molecule has 0 aliphatic heterocycles. The summed E-state index contributed by atoms with van der Waals surface area (Å²) in [5.41, 5.74) is 1.84. The monoisotopic (exact) mass is 672 g/mol. The van der Waals surface area contributed by atoms with Crippen LogP contribution in [0.1, 0.15) is 121 Å². The second-order valence-electron chi connectivity index (χ2n) is 8.22. The maximum atomic E-state index is 10.8. The Bertz CT molecular complexity index is 1050. The van der Waals surface area contributed by atoms with E-state index in [2.05, 4.69) is 12.1 Å². The van der Waals surface area contributed by atoms with Gasteiger partial charge in [-0.25, -0.2) is 0 Å². The fraction of sp³-hybridized carbons (Fsp3) is 0.462. The summed E-state index contributed by atoms with van der Waals surface area (Å²) in [7, 11) is 0. The zero-order valence-corrected chi connectivity index (χ0v) is 36.0. The molecule has 3 N–H and O–H groups in total. The van der Waals surface area contributed by atoms with Crippen LogP contribution in [-0.4, -0.2) is 22.0 Å². The normalized spacial score (nSPS) is 7.57. The van der Waals surface area contributed by atoms with E-state index < -0.39 is 11.4 Å². The van der Waals surface area contributed by atoms with E-state index in [4.69, 9.17) is 15.6 Å².